The molecule has 7 atom stereocenters. The number of aliphatic hydroxyl groups is 1. The standard InChI is InChI=1S/C20H32O4/c1-19-8-6-12-13-7-9-20(23-2,24-3)11-15(13)17(21)10-14(12)16(19)4-5-18(19)22/h12-17,21H,4-11H2,1-3H3/t12-,13-,14-,15-,16+,17-,19+/m1/s1. The lowest BCUT2D eigenvalue weighted by atomic mass is 9.49. The highest BCUT2D eigenvalue weighted by atomic mass is 16.7. The Morgan fingerprint density at radius 3 is 2.38 bits per heavy atom. The van der Waals surface area contributed by atoms with Crippen molar-refractivity contribution in [2.45, 2.75) is 70.2 Å². The van der Waals surface area contributed by atoms with Gasteiger partial charge >= 0.3 is 0 Å². The van der Waals surface area contributed by atoms with E-state index in [9.17, 15) is 9.90 Å². The average Bonchev–Trinajstić information content (AvgIpc) is 2.90. The van der Waals surface area contributed by atoms with Crippen LogP contribution in [0, 0.1) is 35.0 Å². The molecular weight excluding hydrogens is 304 g/mol. The number of hydrogen-bond acceptors (Lipinski definition) is 4. The van der Waals surface area contributed by atoms with Gasteiger partial charge in [-0.3, -0.25) is 4.79 Å². The second kappa shape index (κ2) is 5.78. The first-order chi connectivity index (χ1) is 11.4. The van der Waals surface area contributed by atoms with Crippen LogP contribution in [-0.4, -0.2) is 37.0 Å². The van der Waals surface area contributed by atoms with Gasteiger partial charge < -0.3 is 14.6 Å². The minimum absolute atomic E-state index is 0.106. The second-order valence-corrected chi connectivity index (χ2v) is 9.04. The number of ketones is 1. The van der Waals surface area contributed by atoms with Crippen LogP contribution in [0.1, 0.15) is 58.3 Å². The fraction of sp³-hybridized carbons (Fsp3) is 0.950. The molecule has 0 aliphatic heterocycles. The second-order valence-electron chi connectivity index (χ2n) is 9.04. The first-order valence-corrected chi connectivity index (χ1v) is 9.76. The Hall–Kier alpha value is -0.450. The number of Topliss-reactive ketones (excluding diaryl/α,β-unsaturated/α-hetero) is 1. The van der Waals surface area contributed by atoms with E-state index >= 15 is 0 Å². The summed E-state index contributed by atoms with van der Waals surface area (Å²) in [5, 5.41) is 10.9. The van der Waals surface area contributed by atoms with E-state index in [1.54, 1.807) is 14.2 Å². The molecular formula is C20H32O4. The van der Waals surface area contributed by atoms with Crippen molar-refractivity contribution in [3.63, 3.8) is 0 Å². The fourth-order valence-electron chi connectivity index (χ4n) is 7.03. The third kappa shape index (κ3) is 2.25. The number of carbonyl (C=O) groups is 1. The Labute approximate surface area is 145 Å². The highest BCUT2D eigenvalue weighted by Gasteiger charge is 2.59. The summed E-state index contributed by atoms with van der Waals surface area (Å²) < 4.78 is 11.4. The summed E-state index contributed by atoms with van der Waals surface area (Å²) >= 11 is 0. The molecule has 1 N–H and O–H groups in total. The van der Waals surface area contributed by atoms with Crippen LogP contribution in [0.25, 0.3) is 0 Å². The summed E-state index contributed by atoms with van der Waals surface area (Å²) in [4.78, 5) is 12.4. The molecule has 4 fully saturated rings. The van der Waals surface area contributed by atoms with Crippen molar-refractivity contribution in [1.29, 1.82) is 0 Å². The molecule has 0 aromatic heterocycles. The molecule has 4 nitrogen and oxygen atoms in total. The molecule has 4 saturated carbocycles. The summed E-state index contributed by atoms with van der Waals surface area (Å²) in [6, 6.07) is 0. The summed E-state index contributed by atoms with van der Waals surface area (Å²) in [5.41, 5.74) is -0.106. The maximum absolute atomic E-state index is 12.4. The molecule has 4 aliphatic carbocycles. The summed E-state index contributed by atoms with van der Waals surface area (Å²) in [7, 11) is 3.44. The number of aliphatic hydroxyl groups excluding tert-OH is 1. The first kappa shape index (κ1) is 17.0. The number of fused-ring (bicyclic) bond motifs is 5. The normalized spacial score (nSPS) is 50.1. The van der Waals surface area contributed by atoms with Crippen molar-refractivity contribution in [2.24, 2.45) is 35.0 Å². The lowest BCUT2D eigenvalue weighted by Gasteiger charge is -2.57. The summed E-state index contributed by atoms with van der Waals surface area (Å²) in [6.07, 6.45) is 7.38. The molecule has 4 heteroatoms. The molecule has 0 heterocycles. The molecule has 0 aromatic rings. The number of carbonyl (C=O) groups excluding carboxylic acids is 1. The lowest BCUT2D eigenvalue weighted by molar-refractivity contribution is -0.256. The van der Waals surface area contributed by atoms with Crippen LogP contribution in [-0.2, 0) is 14.3 Å². The molecule has 4 rings (SSSR count). The Bertz CT molecular complexity index is 514. The Morgan fingerprint density at radius 2 is 1.67 bits per heavy atom. The van der Waals surface area contributed by atoms with Crippen LogP contribution in [0.15, 0.2) is 0 Å². The molecule has 0 unspecified atom stereocenters. The van der Waals surface area contributed by atoms with Crippen LogP contribution in [0.4, 0.5) is 0 Å². The van der Waals surface area contributed by atoms with Gasteiger partial charge in [-0.25, -0.2) is 0 Å². The Morgan fingerprint density at radius 1 is 1.00 bits per heavy atom. The predicted octanol–water partition coefficient (Wildman–Crippen LogP) is 3.17. The maximum atomic E-state index is 12.4. The van der Waals surface area contributed by atoms with E-state index in [2.05, 4.69) is 6.92 Å². The van der Waals surface area contributed by atoms with E-state index in [-0.39, 0.29) is 17.4 Å². The molecule has 0 amide bonds. The van der Waals surface area contributed by atoms with Gasteiger partial charge in [0.25, 0.3) is 0 Å². The Kier molecular flexibility index (Phi) is 4.09. The van der Waals surface area contributed by atoms with Crippen molar-refractivity contribution in [3.05, 3.63) is 0 Å². The van der Waals surface area contributed by atoms with E-state index in [0.717, 1.165) is 51.4 Å². The molecule has 0 spiro atoms. The molecule has 136 valence electrons. The highest BCUT2D eigenvalue weighted by Crippen LogP contribution is 2.62. The molecule has 4 aliphatic rings. The average molecular weight is 336 g/mol. The van der Waals surface area contributed by atoms with Gasteiger partial charge in [0.2, 0.25) is 0 Å². The molecule has 0 radical (unpaired) electrons. The highest BCUT2D eigenvalue weighted by molar-refractivity contribution is 5.87. The van der Waals surface area contributed by atoms with Crippen LogP contribution in [0.3, 0.4) is 0 Å². The SMILES string of the molecule is COC1(OC)CC[C@@H]2[C@H]3CC[C@]4(C)C(=O)CC[C@H]4[C@@H]3C[C@@H](O)[C@@H]2C1. The smallest absolute Gasteiger partial charge is 0.167 e. The fourth-order valence-corrected chi connectivity index (χ4v) is 7.03. The van der Waals surface area contributed by atoms with Crippen molar-refractivity contribution >= 4 is 5.78 Å². The van der Waals surface area contributed by atoms with Crippen molar-refractivity contribution in [2.75, 3.05) is 14.2 Å². The molecule has 0 bridgehead atoms. The van der Waals surface area contributed by atoms with E-state index in [1.807, 2.05) is 0 Å². The molecule has 0 aromatic carbocycles. The lowest BCUT2D eigenvalue weighted by Crippen LogP contribution is -2.56. The monoisotopic (exact) mass is 336 g/mol. The summed E-state index contributed by atoms with van der Waals surface area (Å²) in [6.45, 7) is 2.20. The van der Waals surface area contributed by atoms with Gasteiger partial charge in [0.15, 0.2) is 5.79 Å². The van der Waals surface area contributed by atoms with Gasteiger partial charge in [-0.05, 0) is 61.7 Å². The van der Waals surface area contributed by atoms with Crippen LogP contribution in [0.2, 0.25) is 0 Å². The minimum Gasteiger partial charge on any atom is -0.393 e. The van der Waals surface area contributed by atoms with Crippen LogP contribution < -0.4 is 0 Å². The number of hydrogen-bond donors (Lipinski definition) is 1. The van der Waals surface area contributed by atoms with E-state index in [4.69, 9.17) is 9.47 Å². The van der Waals surface area contributed by atoms with Crippen molar-refractivity contribution in [3.8, 4) is 0 Å². The third-order valence-corrected chi connectivity index (χ3v) is 8.46. The van der Waals surface area contributed by atoms with Gasteiger partial charge in [0.05, 0.1) is 6.10 Å². The molecule has 0 saturated heterocycles. The van der Waals surface area contributed by atoms with E-state index in [0.29, 0.717) is 29.5 Å². The minimum atomic E-state index is -0.512. The Balaban J connectivity index is 1.58. The van der Waals surface area contributed by atoms with Gasteiger partial charge in [-0.2, -0.15) is 0 Å². The summed E-state index contributed by atoms with van der Waals surface area (Å²) in [5.74, 6) is 2.51. The largest absolute Gasteiger partial charge is 0.393 e. The first-order valence-electron chi connectivity index (χ1n) is 9.76. The predicted molar refractivity (Wildman–Crippen MR) is 90.3 cm³/mol. The van der Waals surface area contributed by atoms with E-state index < -0.39 is 5.79 Å². The van der Waals surface area contributed by atoms with E-state index in [1.165, 1.54) is 0 Å². The maximum Gasteiger partial charge on any atom is 0.167 e. The van der Waals surface area contributed by atoms with Gasteiger partial charge in [0.1, 0.15) is 5.78 Å². The number of methoxy groups -OCH3 is 2. The van der Waals surface area contributed by atoms with Crippen LogP contribution >= 0.6 is 0 Å². The zero-order valence-corrected chi connectivity index (χ0v) is 15.3. The quantitative estimate of drug-likeness (QED) is 0.787. The topological polar surface area (TPSA) is 55.8 Å². The zero-order valence-electron chi connectivity index (χ0n) is 15.3. The molecule has 24 heavy (non-hydrogen) atoms. The zero-order chi connectivity index (χ0) is 17.1. The van der Waals surface area contributed by atoms with Gasteiger partial charge in [-0.1, -0.05) is 6.92 Å². The van der Waals surface area contributed by atoms with Crippen LogP contribution in [0.5, 0.6) is 0 Å². The number of ether oxygens (including phenoxy) is 2. The van der Waals surface area contributed by atoms with Gasteiger partial charge in [0, 0.05) is 38.9 Å². The number of rotatable bonds is 2. The van der Waals surface area contributed by atoms with Crippen molar-refractivity contribution in [1.82, 2.24) is 0 Å². The van der Waals surface area contributed by atoms with Gasteiger partial charge in [-0.15, -0.1) is 0 Å². The third-order valence-electron chi connectivity index (χ3n) is 8.46. The van der Waals surface area contributed by atoms with Crippen molar-refractivity contribution < 1.29 is 19.4 Å².